The molecule has 5 rings (SSSR count). The van der Waals surface area contributed by atoms with Gasteiger partial charge >= 0.3 is 5.97 Å². The second-order valence-corrected chi connectivity index (χ2v) is 10.9. The topological polar surface area (TPSA) is 137 Å². The Morgan fingerprint density at radius 1 is 0.977 bits per heavy atom. The van der Waals surface area contributed by atoms with Gasteiger partial charge in [-0.25, -0.2) is 23.0 Å². The van der Waals surface area contributed by atoms with Gasteiger partial charge in [0.2, 0.25) is 0 Å². The number of hydrazone groups is 1. The molecular weight excluding hydrogens is 581 g/mol. The van der Waals surface area contributed by atoms with Crippen LogP contribution in [-0.4, -0.2) is 52.9 Å². The van der Waals surface area contributed by atoms with Crippen LogP contribution < -0.4 is 19.2 Å². The number of fused-ring (bicyclic) bond motifs is 1. The highest BCUT2D eigenvalue weighted by Crippen LogP contribution is 2.34. The minimum Gasteiger partial charge on any atom is -0.486 e. The molecule has 0 bridgehead atoms. The molecule has 3 aromatic carbocycles. The van der Waals surface area contributed by atoms with Crippen molar-refractivity contribution in [3.05, 3.63) is 96.0 Å². The lowest BCUT2D eigenvalue weighted by Crippen LogP contribution is -2.39. The summed E-state index contributed by atoms with van der Waals surface area (Å²) in [4.78, 5) is 24.5. The maximum absolute atomic E-state index is 13.6. The minimum absolute atomic E-state index is 0.0695. The molecule has 1 amide bonds. The van der Waals surface area contributed by atoms with Gasteiger partial charge in [0.05, 0.1) is 29.0 Å². The Labute approximate surface area is 246 Å². The quantitative estimate of drug-likeness (QED) is 0.159. The van der Waals surface area contributed by atoms with E-state index >= 15 is 0 Å². The molecule has 0 fully saturated rings. The number of benzene rings is 3. The molecule has 1 aromatic heterocycles. The Morgan fingerprint density at radius 3 is 2.42 bits per heavy atom. The predicted molar refractivity (Wildman–Crippen MR) is 154 cm³/mol. The first kappa shape index (κ1) is 29.3. The maximum atomic E-state index is 13.6. The van der Waals surface area contributed by atoms with E-state index in [2.05, 4.69) is 10.5 Å². The van der Waals surface area contributed by atoms with Crippen LogP contribution in [0.5, 0.6) is 11.5 Å². The van der Waals surface area contributed by atoms with Crippen LogP contribution in [0, 0.1) is 5.82 Å². The van der Waals surface area contributed by atoms with Crippen molar-refractivity contribution in [2.45, 2.75) is 11.8 Å². The van der Waals surface area contributed by atoms with E-state index in [1.165, 1.54) is 36.5 Å². The van der Waals surface area contributed by atoms with Crippen LogP contribution in [0.25, 0.3) is 11.3 Å². The number of furan rings is 1. The summed E-state index contributed by atoms with van der Waals surface area (Å²) < 4.78 is 63.4. The van der Waals surface area contributed by atoms with Crippen molar-refractivity contribution in [2.24, 2.45) is 5.10 Å². The van der Waals surface area contributed by atoms with Crippen molar-refractivity contribution in [3.63, 3.8) is 0 Å². The Balaban J connectivity index is 1.29. The van der Waals surface area contributed by atoms with E-state index < -0.39 is 34.3 Å². The first-order valence-electron chi connectivity index (χ1n) is 13.1. The molecular formula is C30H26FN3O8S. The number of esters is 1. The summed E-state index contributed by atoms with van der Waals surface area (Å²) in [5, 5.41) is 3.88. The van der Waals surface area contributed by atoms with Crippen LogP contribution in [0.4, 0.5) is 10.1 Å². The smallest absolute Gasteiger partial charge is 0.338 e. The molecule has 1 aliphatic rings. The fourth-order valence-electron chi connectivity index (χ4n) is 4.13. The van der Waals surface area contributed by atoms with Gasteiger partial charge in [-0.2, -0.15) is 5.10 Å². The summed E-state index contributed by atoms with van der Waals surface area (Å²) in [6, 6.07) is 18.8. The molecule has 0 saturated carbocycles. The number of sulfonamides is 1. The third-order valence-electron chi connectivity index (χ3n) is 6.19. The molecule has 222 valence electrons. The van der Waals surface area contributed by atoms with E-state index in [0.29, 0.717) is 35.0 Å². The van der Waals surface area contributed by atoms with Gasteiger partial charge in [-0.15, -0.1) is 0 Å². The third-order valence-corrected chi connectivity index (χ3v) is 7.96. The van der Waals surface area contributed by atoms with Crippen molar-refractivity contribution in [3.8, 4) is 22.8 Å². The molecule has 0 aliphatic carbocycles. The zero-order valence-electron chi connectivity index (χ0n) is 22.9. The lowest BCUT2D eigenvalue weighted by molar-refractivity contribution is -0.119. The van der Waals surface area contributed by atoms with E-state index in [-0.39, 0.29) is 29.5 Å². The van der Waals surface area contributed by atoms with Gasteiger partial charge in [0.1, 0.15) is 37.1 Å². The third kappa shape index (κ3) is 6.84. The number of hydrogen-bond donors (Lipinski definition) is 1. The Kier molecular flexibility index (Phi) is 8.71. The lowest BCUT2D eigenvalue weighted by Gasteiger charge is -2.25. The number of nitrogens with one attached hydrogen (secondary N) is 1. The van der Waals surface area contributed by atoms with Crippen LogP contribution in [0.15, 0.2) is 93.3 Å². The van der Waals surface area contributed by atoms with Gasteiger partial charge in [0.15, 0.2) is 11.5 Å². The number of ether oxygens (including phenoxy) is 3. The van der Waals surface area contributed by atoms with E-state index in [9.17, 15) is 22.4 Å². The standard InChI is InChI=1S/C30H26FN3O8S/c1-2-39-30(36)21-5-3-20(4-6-21)26-13-11-24(42-26)18-32-33-29(35)19-34(23-9-7-22(31)8-10-23)43(37,38)25-12-14-27-28(17-25)41-16-15-40-27/h3-14,17-18H,2,15-16,19H2,1H3,(H,33,35)/b32-18-. The van der Waals surface area contributed by atoms with Crippen molar-refractivity contribution < 1.29 is 41.0 Å². The van der Waals surface area contributed by atoms with Crippen LogP contribution in [0.2, 0.25) is 0 Å². The zero-order chi connectivity index (χ0) is 30.4. The Bertz CT molecular complexity index is 1750. The molecule has 0 radical (unpaired) electrons. The molecule has 13 heteroatoms. The summed E-state index contributed by atoms with van der Waals surface area (Å²) in [7, 11) is -4.30. The van der Waals surface area contributed by atoms with Crippen LogP contribution >= 0.6 is 0 Å². The minimum atomic E-state index is -4.30. The van der Waals surface area contributed by atoms with Crippen LogP contribution in [0.3, 0.4) is 0 Å². The van der Waals surface area contributed by atoms with Gasteiger partial charge in [-0.05, 0) is 67.6 Å². The molecule has 1 aliphatic heterocycles. The number of rotatable bonds is 10. The first-order valence-corrected chi connectivity index (χ1v) is 14.6. The summed E-state index contributed by atoms with van der Waals surface area (Å²) in [5.74, 6) is -0.284. The van der Waals surface area contributed by atoms with Crippen molar-refractivity contribution in [2.75, 3.05) is 30.7 Å². The second kappa shape index (κ2) is 12.8. The van der Waals surface area contributed by atoms with Gasteiger partial charge in [0.25, 0.3) is 15.9 Å². The normalized spacial score (nSPS) is 12.6. The molecule has 0 unspecified atom stereocenters. The predicted octanol–water partition coefficient (Wildman–Crippen LogP) is 4.38. The largest absolute Gasteiger partial charge is 0.486 e. The Hall–Kier alpha value is -5.17. The van der Waals surface area contributed by atoms with Gasteiger partial charge in [-0.1, -0.05) is 12.1 Å². The van der Waals surface area contributed by atoms with Gasteiger partial charge in [-0.3, -0.25) is 9.10 Å². The SMILES string of the molecule is CCOC(=O)c1ccc(-c2ccc(/C=N\NC(=O)CN(c3ccc(F)cc3)S(=O)(=O)c3ccc4c(c3)OCCO4)o2)cc1. The number of carbonyl (C=O) groups excluding carboxylic acids is 2. The molecule has 1 N–H and O–H groups in total. The molecule has 43 heavy (non-hydrogen) atoms. The van der Waals surface area contributed by atoms with Crippen LogP contribution in [0.1, 0.15) is 23.0 Å². The van der Waals surface area contributed by atoms with E-state index in [1.807, 2.05) is 0 Å². The number of nitrogens with zero attached hydrogens (tertiary/aromatic N) is 2. The van der Waals surface area contributed by atoms with Crippen molar-refractivity contribution >= 4 is 33.8 Å². The summed E-state index contributed by atoms with van der Waals surface area (Å²) in [5.41, 5.74) is 3.48. The van der Waals surface area contributed by atoms with Crippen molar-refractivity contribution in [1.82, 2.24) is 5.43 Å². The maximum Gasteiger partial charge on any atom is 0.338 e. The summed E-state index contributed by atoms with van der Waals surface area (Å²) in [6.45, 7) is 1.95. The average Bonchev–Trinajstić information content (AvgIpc) is 3.49. The molecule has 0 atom stereocenters. The first-order chi connectivity index (χ1) is 20.7. The van der Waals surface area contributed by atoms with Crippen molar-refractivity contribution in [1.29, 1.82) is 0 Å². The second-order valence-electron chi connectivity index (χ2n) is 9.09. The fraction of sp³-hybridized carbons (Fsp3) is 0.167. The molecule has 11 nitrogen and oxygen atoms in total. The lowest BCUT2D eigenvalue weighted by atomic mass is 10.1. The highest BCUT2D eigenvalue weighted by atomic mass is 32.2. The number of amides is 1. The highest BCUT2D eigenvalue weighted by Gasteiger charge is 2.29. The summed E-state index contributed by atoms with van der Waals surface area (Å²) in [6.07, 6.45) is 1.26. The Morgan fingerprint density at radius 2 is 1.70 bits per heavy atom. The number of anilines is 1. The van der Waals surface area contributed by atoms with E-state index in [1.54, 1.807) is 43.3 Å². The van der Waals surface area contributed by atoms with Gasteiger partial charge in [0, 0.05) is 11.6 Å². The average molecular weight is 608 g/mol. The number of carbonyl (C=O) groups is 2. The van der Waals surface area contributed by atoms with Crippen LogP contribution in [-0.2, 0) is 19.6 Å². The molecule has 4 aromatic rings. The van der Waals surface area contributed by atoms with E-state index in [0.717, 1.165) is 16.4 Å². The van der Waals surface area contributed by atoms with E-state index in [4.69, 9.17) is 18.6 Å². The number of halogens is 1. The molecule has 0 spiro atoms. The number of hydrogen-bond acceptors (Lipinski definition) is 9. The zero-order valence-corrected chi connectivity index (χ0v) is 23.7. The molecule has 2 heterocycles. The van der Waals surface area contributed by atoms with Gasteiger partial charge < -0.3 is 18.6 Å². The molecule has 0 saturated heterocycles. The monoisotopic (exact) mass is 607 g/mol. The fourth-order valence-corrected chi connectivity index (χ4v) is 5.57. The summed E-state index contributed by atoms with van der Waals surface area (Å²) >= 11 is 0. The highest BCUT2D eigenvalue weighted by molar-refractivity contribution is 7.92.